The Morgan fingerprint density at radius 2 is 0.748 bits per heavy atom. The number of ketones is 1. The van der Waals surface area contributed by atoms with Crippen molar-refractivity contribution in [1.82, 2.24) is 0 Å². The zero-order valence-electron chi connectivity index (χ0n) is 58.3. The molecule has 1 saturated heterocycles. The van der Waals surface area contributed by atoms with Gasteiger partial charge in [0.05, 0.1) is 12.2 Å². The number of carbonyl (C=O) groups excluding carboxylic acids is 6. The molecule has 0 radical (unpaired) electrons. The topological polar surface area (TPSA) is 195 Å². The lowest BCUT2D eigenvalue weighted by atomic mass is 9.92. The predicted molar refractivity (Wildman–Crippen MR) is 349 cm³/mol. The van der Waals surface area contributed by atoms with E-state index in [2.05, 4.69) is 6.92 Å². The fourth-order valence-corrected chi connectivity index (χ4v) is 13.2. The van der Waals surface area contributed by atoms with Crippen LogP contribution in [0.2, 0.25) is 0 Å². The molecule has 0 aromatic heterocycles. The minimum atomic E-state index is -5.53. The number of unbranched alkanes of at least 4 members (excludes halogenated alkanes) is 10. The van der Waals surface area contributed by atoms with Gasteiger partial charge in [-0.25, -0.2) is 24.0 Å². The Hall–Kier alpha value is -7.40. The van der Waals surface area contributed by atoms with Crippen molar-refractivity contribution in [2.75, 3.05) is 28.4 Å². The van der Waals surface area contributed by atoms with Gasteiger partial charge in [0, 0.05) is 75.5 Å². The molecule has 4 aromatic carbocycles. The Kier molecular flexibility index (Phi) is 31.2. The third-order valence-electron chi connectivity index (χ3n) is 18.7. The number of halogens is 12. The lowest BCUT2D eigenvalue weighted by Gasteiger charge is -2.36. The normalized spacial score (nSPS) is 19.4. The van der Waals surface area contributed by atoms with Crippen LogP contribution in [0.1, 0.15) is 177 Å². The number of methoxy groups -OCH3 is 4. The third-order valence-corrected chi connectivity index (χ3v) is 18.7. The lowest BCUT2D eigenvalue weighted by Crippen LogP contribution is -2.53. The van der Waals surface area contributed by atoms with Crippen LogP contribution in [0, 0.1) is 0 Å². The molecule has 28 heteroatoms. The Morgan fingerprint density at radius 3 is 1.08 bits per heavy atom. The maximum absolute atomic E-state index is 15.5. The molecule has 0 aliphatic carbocycles. The van der Waals surface area contributed by atoms with Gasteiger partial charge in [0.1, 0.15) is 36.3 Å². The van der Waals surface area contributed by atoms with E-state index in [-0.39, 0.29) is 37.7 Å². The monoisotopic (exact) mass is 1470 g/mol. The minimum Gasteiger partial charge on any atom is -0.459 e. The molecule has 1 fully saturated rings. The third kappa shape index (κ3) is 20.6. The number of rotatable bonds is 42. The molecule has 16 nitrogen and oxygen atoms in total. The van der Waals surface area contributed by atoms with Crippen molar-refractivity contribution in [3.8, 4) is 0 Å². The first-order chi connectivity index (χ1) is 48.8. The van der Waals surface area contributed by atoms with Gasteiger partial charge in [-0.3, -0.25) is 4.79 Å². The highest BCUT2D eigenvalue weighted by molar-refractivity contribution is 5.91. The number of cyclic esters (lactones) is 1. The Labute approximate surface area is 591 Å². The van der Waals surface area contributed by atoms with E-state index in [9.17, 15) is 28.8 Å². The summed E-state index contributed by atoms with van der Waals surface area (Å²) in [6.07, 6.45) is -26.2. The second-order valence-electron chi connectivity index (χ2n) is 25.6. The van der Waals surface area contributed by atoms with E-state index in [1.165, 1.54) is 85.8 Å². The molecule has 0 spiro atoms. The highest BCUT2D eigenvalue weighted by Crippen LogP contribution is 2.49. The number of carbonyl (C=O) groups is 6. The van der Waals surface area contributed by atoms with Gasteiger partial charge < -0.3 is 47.4 Å². The number of hydrogen-bond acceptors (Lipinski definition) is 16. The van der Waals surface area contributed by atoms with E-state index in [4.69, 9.17) is 47.4 Å². The number of ether oxygens (including phenoxy) is 10. The summed E-state index contributed by atoms with van der Waals surface area (Å²) in [6.45, 7) is 3.58. The van der Waals surface area contributed by atoms with Crippen LogP contribution >= 0.6 is 0 Å². The predicted octanol–water partition coefficient (Wildman–Crippen LogP) is 16.9. The molecule has 4 aromatic rings. The van der Waals surface area contributed by atoms with Crippen molar-refractivity contribution >= 4 is 35.6 Å². The summed E-state index contributed by atoms with van der Waals surface area (Å²) >= 11 is 0. The molecule has 2 aliphatic rings. The van der Waals surface area contributed by atoms with Gasteiger partial charge in [-0.05, 0) is 77.2 Å². The SMILES string of the molecule is CCCCCCCCCCCC[C@H](OC(=O)[C@](OC)(c1ccccc1)C(F)(F)F)[C@@H]1CC[C@H]([C@@H](CCCCC(=O)C[C@@H](CCC[C@H](CC2=C[C@H](C)OC2=O)OC(=O)[C@](OC)(c2ccccc2)C(F)(F)F)OC(=O)[C@](OC)(c2ccccc2)C(F)(F)F)OC(=O)[C@](OC)(c2ccccc2)C(F)(F)F)O1. The van der Waals surface area contributed by atoms with Crippen molar-refractivity contribution in [3.05, 3.63) is 155 Å². The summed E-state index contributed by atoms with van der Waals surface area (Å²) in [7, 11) is 2.54. The Balaban J connectivity index is 1.29. The fraction of sp³-hybridized carbons (Fsp3) is 0.573. The summed E-state index contributed by atoms with van der Waals surface area (Å²) in [5.74, 6) is -9.50. The summed E-state index contributed by atoms with van der Waals surface area (Å²) in [6, 6.07) is 23.1. The van der Waals surface area contributed by atoms with Crippen LogP contribution in [0.3, 0.4) is 0 Å². The first-order valence-corrected chi connectivity index (χ1v) is 34.4. The lowest BCUT2D eigenvalue weighted by molar-refractivity contribution is -0.281. The average Bonchev–Trinajstić information content (AvgIpc) is 1.55. The molecule has 11 atom stereocenters. The van der Waals surface area contributed by atoms with Crippen molar-refractivity contribution in [2.24, 2.45) is 0 Å². The molecule has 0 saturated carbocycles. The molecule has 2 heterocycles. The molecule has 0 N–H and O–H groups in total. The van der Waals surface area contributed by atoms with Crippen LogP contribution in [0.5, 0.6) is 0 Å². The number of Topliss-reactive ketones (excluding diaryl/α,β-unsaturated/α-hetero) is 1. The van der Waals surface area contributed by atoms with Crippen molar-refractivity contribution in [3.63, 3.8) is 0 Å². The number of benzene rings is 4. The second kappa shape index (κ2) is 38.0. The van der Waals surface area contributed by atoms with Crippen LogP contribution in [0.15, 0.2) is 133 Å². The standard InChI is InChI=1S/C75H90F12O16/c1-7-8-9-10-11-12-13-14-15-28-43-59(102-66(92)70(96-5,74(82,83)84)54-36-24-18-25-37-54)61-45-46-62(101-61)60(103-67(93)71(97-6,75(85,86)87)55-38-26-19-27-39-55)44-30-29-40-56(88)49-58(100-65(91)69(95-4,73(79,80)81)53-34-22-17-23-35-53)42-31-41-57(48-51-47-50(2)98-63(51)89)99-64(90)68(94-3,72(76,77)78)52-32-20-16-21-33-52/h16-27,32-39,47,50,57-62H,7-15,28-31,40-46,48-49H2,1-6H3/t50-,57+,58+,59-,60+,61-,62+,68+,69+,70+,71+/m0/s1. The van der Waals surface area contributed by atoms with E-state index >= 15 is 52.7 Å². The minimum absolute atomic E-state index is 0.0491. The number of alkyl halides is 12. The van der Waals surface area contributed by atoms with Crippen LogP contribution < -0.4 is 0 Å². The van der Waals surface area contributed by atoms with Crippen LogP contribution in [-0.4, -0.2) is 132 Å². The van der Waals surface area contributed by atoms with E-state index in [0.29, 0.717) is 41.3 Å². The van der Waals surface area contributed by atoms with Crippen molar-refractivity contribution < 1.29 is 129 Å². The quantitative estimate of drug-likeness (QED) is 0.0176. The first-order valence-electron chi connectivity index (χ1n) is 34.4. The molecular formula is C75H90F12O16. The molecule has 570 valence electrons. The molecular weight excluding hydrogens is 1380 g/mol. The van der Waals surface area contributed by atoms with Crippen LogP contribution in [0.25, 0.3) is 0 Å². The summed E-state index contributed by atoms with van der Waals surface area (Å²) in [4.78, 5) is 84.0. The zero-order chi connectivity index (χ0) is 75.9. The first kappa shape index (κ1) is 84.5. The maximum Gasteiger partial charge on any atom is 0.432 e. The van der Waals surface area contributed by atoms with Gasteiger partial charge in [0.15, 0.2) is 0 Å². The highest BCUT2D eigenvalue weighted by Gasteiger charge is 2.68. The van der Waals surface area contributed by atoms with E-state index in [0.717, 1.165) is 99.9 Å². The summed E-state index contributed by atoms with van der Waals surface area (Å²) in [5.41, 5.74) is -17.7. The summed E-state index contributed by atoms with van der Waals surface area (Å²) < 4.78 is 238. The van der Waals surface area contributed by atoms with Gasteiger partial charge in [-0.1, -0.05) is 186 Å². The molecule has 0 bridgehead atoms. The van der Waals surface area contributed by atoms with Crippen molar-refractivity contribution in [2.45, 2.75) is 245 Å². The number of hydrogen-bond donors (Lipinski definition) is 0. The van der Waals surface area contributed by atoms with Gasteiger partial charge in [0.2, 0.25) is 0 Å². The van der Waals surface area contributed by atoms with Gasteiger partial charge in [-0.15, -0.1) is 0 Å². The van der Waals surface area contributed by atoms with Gasteiger partial charge in [-0.2, -0.15) is 52.7 Å². The van der Waals surface area contributed by atoms with E-state index in [1.807, 2.05) is 0 Å². The molecule has 0 unspecified atom stereocenters. The van der Waals surface area contributed by atoms with E-state index in [1.54, 1.807) is 0 Å². The highest BCUT2D eigenvalue weighted by atomic mass is 19.4. The molecule has 2 aliphatic heterocycles. The zero-order valence-corrected chi connectivity index (χ0v) is 58.3. The smallest absolute Gasteiger partial charge is 0.432 e. The average molecular weight is 1480 g/mol. The Bertz CT molecular complexity index is 3360. The molecule has 6 rings (SSSR count). The van der Waals surface area contributed by atoms with E-state index < -0.39 is 193 Å². The second-order valence-corrected chi connectivity index (χ2v) is 25.6. The van der Waals surface area contributed by atoms with Gasteiger partial charge >= 0.3 is 54.6 Å². The molecule has 103 heavy (non-hydrogen) atoms. The van der Waals surface area contributed by atoms with Gasteiger partial charge in [0.25, 0.3) is 22.4 Å². The summed E-state index contributed by atoms with van der Waals surface area (Å²) in [5, 5.41) is 0. The largest absolute Gasteiger partial charge is 0.459 e. The fourth-order valence-electron chi connectivity index (χ4n) is 13.2. The van der Waals surface area contributed by atoms with Crippen LogP contribution in [0.4, 0.5) is 52.7 Å². The molecule has 0 amide bonds. The maximum atomic E-state index is 15.5. The number of esters is 5. The van der Waals surface area contributed by atoms with Crippen molar-refractivity contribution in [1.29, 1.82) is 0 Å². The Morgan fingerprint density at radius 1 is 0.427 bits per heavy atom. The van der Waals surface area contributed by atoms with Crippen LogP contribution in [-0.2, 0) is 98.5 Å².